The van der Waals surface area contributed by atoms with Crippen molar-refractivity contribution >= 4 is 64.6 Å². The quantitative estimate of drug-likeness (QED) is 0.159. The molecule has 0 aliphatic heterocycles. The molecule has 0 radical (unpaired) electrons. The van der Waals surface area contributed by atoms with Crippen molar-refractivity contribution in [3.8, 4) is 44.5 Å². The van der Waals surface area contributed by atoms with Gasteiger partial charge >= 0.3 is 0 Å². The van der Waals surface area contributed by atoms with Crippen LogP contribution in [0.4, 0.5) is 0 Å². The summed E-state index contributed by atoms with van der Waals surface area (Å²) in [5.41, 5.74) is 12.9. The highest BCUT2D eigenvalue weighted by Crippen LogP contribution is 2.51. The Hall–Kier alpha value is -7.02. The Balaban J connectivity index is 0.995. The topological polar surface area (TPSA) is 0 Å². The van der Waals surface area contributed by atoms with Gasteiger partial charge in [-0.3, -0.25) is 0 Å². The Morgan fingerprint density at radius 3 is 1.54 bits per heavy atom. The average molecular weight is 723 g/mol. The lowest BCUT2D eigenvalue weighted by molar-refractivity contribution is 0.661. The summed E-state index contributed by atoms with van der Waals surface area (Å²) in [5, 5.41) is 15.5. The summed E-state index contributed by atoms with van der Waals surface area (Å²) in [7, 11) is 0. The molecule has 11 aromatic carbocycles. The van der Waals surface area contributed by atoms with Gasteiger partial charge in [-0.2, -0.15) is 0 Å². The molecule has 0 amide bonds. The van der Waals surface area contributed by atoms with Crippen molar-refractivity contribution in [3.63, 3.8) is 0 Å². The van der Waals surface area contributed by atoms with Crippen LogP contribution in [0.25, 0.3) is 109 Å². The smallest absolute Gasteiger partial charge is 0.0159 e. The van der Waals surface area contributed by atoms with Gasteiger partial charge in [-0.05, 0) is 145 Å². The van der Waals surface area contributed by atoms with Gasteiger partial charge in [0.1, 0.15) is 0 Å². The molecule has 0 N–H and O–H groups in total. The first-order chi connectivity index (χ1) is 28.0. The van der Waals surface area contributed by atoms with Gasteiger partial charge in [0.15, 0.2) is 0 Å². The maximum absolute atomic E-state index is 2.47. The minimum Gasteiger partial charge on any atom is -0.0616 e. The molecule has 0 saturated heterocycles. The molecule has 0 aromatic heterocycles. The molecule has 0 spiro atoms. The molecule has 1 aliphatic rings. The van der Waals surface area contributed by atoms with Crippen LogP contribution in [0.1, 0.15) is 25.0 Å². The molecule has 0 nitrogen and oxygen atoms in total. The molecule has 0 heteroatoms. The fraction of sp³-hybridized carbons (Fsp3) is 0.0526. The molecule has 0 fully saturated rings. The SMILES string of the molecule is CC1(C)c2cc(-c3ccc4ccccc4c3)ccc2-c2ccc(-c3cccc4c(-c5cc6ccc7ccc8ccccc8c7c6c6ccccc56)cccc34)cc21. The van der Waals surface area contributed by atoms with E-state index in [1.165, 1.54) is 120 Å². The van der Waals surface area contributed by atoms with Crippen LogP contribution >= 0.6 is 0 Å². The zero-order valence-corrected chi connectivity index (χ0v) is 32.0. The lowest BCUT2D eigenvalue weighted by Gasteiger charge is -2.23. The third kappa shape index (κ3) is 4.74. The van der Waals surface area contributed by atoms with Crippen molar-refractivity contribution in [2.75, 3.05) is 0 Å². The lowest BCUT2D eigenvalue weighted by Crippen LogP contribution is -2.15. The highest BCUT2D eigenvalue weighted by atomic mass is 14.4. The summed E-state index contributed by atoms with van der Waals surface area (Å²) in [6.07, 6.45) is 0. The van der Waals surface area contributed by atoms with Crippen molar-refractivity contribution in [3.05, 3.63) is 205 Å². The minimum absolute atomic E-state index is 0.136. The minimum atomic E-state index is -0.136. The van der Waals surface area contributed by atoms with E-state index in [-0.39, 0.29) is 5.41 Å². The molecule has 57 heavy (non-hydrogen) atoms. The van der Waals surface area contributed by atoms with Gasteiger partial charge in [-0.1, -0.05) is 184 Å². The van der Waals surface area contributed by atoms with E-state index in [1.54, 1.807) is 0 Å². The molecule has 0 unspecified atom stereocenters. The van der Waals surface area contributed by atoms with Gasteiger partial charge in [0.05, 0.1) is 0 Å². The third-order valence-electron chi connectivity index (χ3n) is 13.0. The summed E-state index contributed by atoms with van der Waals surface area (Å²) >= 11 is 0. The summed E-state index contributed by atoms with van der Waals surface area (Å²) in [4.78, 5) is 0. The predicted octanol–water partition coefficient (Wildman–Crippen LogP) is 15.9. The number of hydrogen-bond acceptors (Lipinski definition) is 0. The molecule has 12 rings (SSSR count). The first-order valence-corrected chi connectivity index (χ1v) is 20.1. The Kier molecular flexibility index (Phi) is 6.78. The van der Waals surface area contributed by atoms with Crippen LogP contribution in [0.15, 0.2) is 194 Å². The molecule has 1 aliphatic carbocycles. The van der Waals surface area contributed by atoms with Crippen molar-refractivity contribution in [1.29, 1.82) is 0 Å². The van der Waals surface area contributed by atoms with E-state index in [0.717, 1.165) is 0 Å². The summed E-state index contributed by atoms with van der Waals surface area (Å²) in [6, 6.07) is 72.8. The van der Waals surface area contributed by atoms with Gasteiger partial charge < -0.3 is 0 Å². The molecule has 266 valence electrons. The number of rotatable bonds is 3. The fourth-order valence-corrected chi connectivity index (χ4v) is 10.2. The Labute approximate surface area is 332 Å². The number of hydrogen-bond donors (Lipinski definition) is 0. The van der Waals surface area contributed by atoms with Gasteiger partial charge in [0, 0.05) is 5.41 Å². The van der Waals surface area contributed by atoms with Crippen LogP contribution in [-0.2, 0) is 5.41 Å². The van der Waals surface area contributed by atoms with Gasteiger partial charge in [0.2, 0.25) is 0 Å². The van der Waals surface area contributed by atoms with E-state index in [4.69, 9.17) is 0 Å². The van der Waals surface area contributed by atoms with Crippen molar-refractivity contribution in [2.24, 2.45) is 0 Å². The van der Waals surface area contributed by atoms with Crippen LogP contribution in [-0.4, -0.2) is 0 Å². The summed E-state index contributed by atoms with van der Waals surface area (Å²) in [6.45, 7) is 4.79. The highest BCUT2D eigenvalue weighted by Gasteiger charge is 2.36. The van der Waals surface area contributed by atoms with E-state index in [0.29, 0.717) is 0 Å². The Morgan fingerprint density at radius 1 is 0.263 bits per heavy atom. The van der Waals surface area contributed by atoms with E-state index < -0.39 is 0 Å². The van der Waals surface area contributed by atoms with Crippen LogP contribution < -0.4 is 0 Å². The monoisotopic (exact) mass is 722 g/mol. The third-order valence-corrected chi connectivity index (χ3v) is 13.0. The second-order valence-corrected chi connectivity index (χ2v) is 16.4. The van der Waals surface area contributed by atoms with Crippen LogP contribution in [0.5, 0.6) is 0 Å². The summed E-state index contributed by atoms with van der Waals surface area (Å²) in [5.74, 6) is 0. The average Bonchev–Trinajstić information content (AvgIpc) is 3.49. The van der Waals surface area contributed by atoms with Gasteiger partial charge in [0.25, 0.3) is 0 Å². The highest BCUT2D eigenvalue weighted by molar-refractivity contribution is 6.29. The van der Waals surface area contributed by atoms with Crippen LogP contribution in [0, 0.1) is 0 Å². The van der Waals surface area contributed by atoms with Crippen LogP contribution in [0.2, 0.25) is 0 Å². The summed E-state index contributed by atoms with van der Waals surface area (Å²) < 4.78 is 0. The standard InChI is InChI=1S/C57H38/c1-57(2)53-33-40(39-25-21-35-11-3-4-13-38(35)31-39)27-29-49(53)50-30-28-41(34-54(50)57)43-17-9-19-46-45(43)18-10-20-47(46)52-32-42-26-24-37-23-22-36-12-5-6-14-44(36)55(37)56(42)51-16-8-7-15-48(51)52/h3-34H,1-2H3. The molecule has 0 heterocycles. The largest absolute Gasteiger partial charge is 0.0616 e. The molecular weight excluding hydrogens is 685 g/mol. The van der Waals surface area contributed by atoms with Crippen molar-refractivity contribution in [2.45, 2.75) is 19.3 Å². The first kappa shape index (κ1) is 32.2. The van der Waals surface area contributed by atoms with Crippen LogP contribution in [0.3, 0.4) is 0 Å². The number of fused-ring (bicyclic) bond motifs is 12. The van der Waals surface area contributed by atoms with Crippen molar-refractivity contribution < 1.29 is 0 Å². The fourth-order valence-electron chi connectivity index (χ4n) is 10.2. The second kappa shape index (κ2) is 12.0. The van der Waals surface area contributed by atoms with Gasteiger partial charge in [-0.25, -0.2) is 0 Å². The normalized spacial score (nSPS) is 13.2. The first-order valence-electron chi connectivity index (χ1n) is 20.1. The van der Waals surface area contributed by atoms with E-state index in [2.05, 4.69) is 208 Å². The lowest BCUT2D eigenvalue weighted by atomic mass is 9.80. The predicted molar refractivity (Wildman–Crippen MR) is 245 cm³/mol. The molecule has 11 aromatic rings. The van der Waals surface area contributed by atoms with E-state index in [1.807, 2.05) is 0 Å². The molecule has 0 atom stereocenters. The molecule has 0 saturated carbocycles. The van der Waals surface area contributed by atoms with E-state index >= 15 is 0 Å². The maximum Gasteiger partial charge on any atom is 0.0159 e. The zero-order valence-electron chi connectivity index (χ0n) is 32.0. The maximum atomic E-state index is 2.47. The Bertz CT molecular complexity index is 3490. The molecule has 0 bridgehead atoms. The zero-order chi connectivity index (χ0) is 37.8. The van der Waals surface area contributed by atoms with E-state index in [9.17, 15) is 0 Å². The second-order valence-electron chi connectivity index (χ2n) is 16.4. The number of benzene rings is 11. The molecular formula is C57H38. The van der Waals surface area contributed by atoms with Crippen molar-refractivity contribution in [1.82, 2.24) is 0 Å². The van der Waals surface area contributed by atoms with Gasteiger partial charge in [-0.15, -0.1) is 0 Å². The Morgan fingerprint density at radius 2 is 0.754 bits per heavy atom.